The van der Waals surface area contributed by atoms with E-state index < -0.39 is 5.41 Å². The highest BCUT2D eigenvalue weighted by atomic mass is 16.6. The largest absolute Gasteiger partial charge is 0.462 e. The van der Waals surface area contributed by atoms with Crippen molar-refractivity contribution in [3.05, 3.63) is 11.1 Å². The number of amides is 2. The first-order valence-electron chi connectivity index (χ1n) is 21.4. The number of nitrogens with zero attached hydrogens (tertiary/aromatic N) is 1. The van der Waals surface area contributed by atoms with Gasteiger partial charge in [-0.2, -0.15) is 0 Å². The predicted octanol–water partition coefficient (Wildman–Crippen LogP) is 10.3. The highest BCUT2D eigenvalue weighted by molar-refractivity contribution is 6.06. The van der Waals surface area contributed by atoms with Crippen LogP contribution in [0.25, 0.3) is 0 Å². The van der Waals surface area contributed by atoms with Crippen molar-refractivity contribution in [1.82, 2.24) is 10.2 Å². The van der Waals surface area contributed by atoms with E-state index in [0.717, 1.165) is 76.5 Å². The van der Waals surface area contributed by atoms with E-state index in [1.807, 2.05) is 48.5 Å². The number of fused-ring (bicyclic) bond motifs is 7. The maximum atomic E-state index is 13.4. The van der Waals surface area contributed by atoms with Gasteiger partial charge in [0.2, 0.25) is 5.91 Å². The number of ether oxygens (including phenoxy) is 2. The van der Waals surface area contributed by atoms with Gasteiger partial charge in [-0.3, -0.25) is 14.4 Å². The monoisotopic (exact) mass is 743 g/mol. The summed E-state index contributed by atoms with van der Waals surface area (Å²) in [4.78, 5) is 51.8. The fourth-order valence-corrected chi connectivity index (χ4v) is 12.4. The third-order valence-electron chi connectivity index (χ3n) is 14.3. The van der Waals surface area contributed by atoms with Crippen LogP contribution in [0, 0.1) is 51.2 Å². The summed E-state index contributed by atoms with van der Waals surface area (Å²) in [5.74, 6) is 2.26. The summed E-state index contributed by atoms with van der Waals surface area (Å²) in [6, 6.07) is 0. The van der Waals surface area contributed by atoms with Crippen LogP contribution in [0.15, 0.2) is 11.1 Å². The molecular weight excluding hydrogens is 665 g/mol. The Labute approximate surface area is 323 Å². The molecule has 5 aliphatic carbocycles. The SMILES string of the molecule is CC.CC.CC(C)(C)OC(=O)N1CCCC1.CNC(=O)C12CCC3C(CCC4[C@@]3(C)CCC3C(C)(C)[C@@H](OC(C)=O)CC[C@@]34C)C1=C(C(C)C)C(=O)C2. The number of allylic oxidation sites excluding steroid dienone is 1. The Balaban J connectivity index is 0.000000398. The molecule has 6 aliphatic rings. The number of carbonyl (C=O) groups excluding carboxylic acids is 4. The minimum absolute atomic E-state index is 0.00474. The van der Waals surface area contributed by atoms with E-state index in [-0.39, 0.29) is 57.6 Å². The summed E-state index contributed by atoms with van der Waals surface area (Å²) in [7, 11) is 1.73. The number of likely N-dealkylation sites (tertiary alicyclic amines) is 1. The van der Waals surface area contributed by atoms with Crippen LogP contribution in [-0.4, -0.2) is 60.5 Å². The fraction of sp³-hybridized carbons (Fsp3) is 0.867. The maximum absolute atomic E-state index is 13.4. The Morgan fingerprint density at radius 2 is 1.42 bits per heavy atom. The maximum Gasteiger partial charge on any atom is 0.410 e. The van der Waals surface area contributed by atoms with Crippen molar-refractivity contribution in [2.24, 2.45) is 51.2 Å². The summed E-state index contributed by atoms with van der Waals surface area (Å²) < 4.78 is 11.1. The topological polar surface area (TPSA) is 102 Å². The average molecular weight is 743 g/mol. The lowest BCUT2D eigenvalue weighted by molar-refractivity contribution is -0.212. The van der Waals surface area contributed by atoms with Gasteiger partial charge in [0, 0.05) is 38.9 Å². The van der Waals surface area contributed by atoms with Gasteiger partial charge in [0.05, 0.1) is 5.41 Å². The third kappa shape index (κ3) is 8.42. The van der Waals surface area contributed by atoms with Gasteiger partial charge in [0.25, 0.3) is 0 Å². The Bertz CT molecular complexity index is 1350. The van der Waals surface area contributed by atoms with Crippen molar-refractivity contribution in [2.45, 2.75) is 179 Å². The lowest BCUT2D eigenvalue weighted by Gasteiger charge is -2.68. The van der Waals surface area contributed by atoms with E-state index in [2.05, 4.69) is 46.9 Å². The number of hydrogen-bond donors (Lipinski definition) is 1. The molecular formula is C45H78N2O6. The molecule has 0 aromatic heterocycles. The van der Waals surface area contributed by atoms with Crippen LogP contribution in [0.3, 0.4) is 0 Å². The second kappa shape index (κ2) is 17.2. The lowest BCUT2D eigenvalue weighted by atomic mass is 9.36. The molecule has 1 heterocycles. The van der Waals surface area contributed by atoms with Crippen molar-refractivity contribution in [3.63, 3.8) is 0 Å². The molecule has 0 aromatic carbocycles. The van der Waals surface area contributed by atoms with Gasteiger partial charge in [-0.15, -0.1) is 0 Å². The molecule has 0 spiro atoms. The van der Waals surface area contributed by atoms with Crippen molar-refractivity contribution in [1.29, 1.82) is 0 Å². The summed E-state index contributed by atoms with van der Waals surface area (Å²) in [6.07, 6.45) is 10.9. The second-order valence-electron chi connectivity index (χ2n) is 18.9. The van der Waals surface area contributed by atoms with Crippen LogP contribution in [0.5, 0.6) is 0 Å². The zero-order valence-corrected chi connectivity index (χ0v) is 36.6. The Kier molecular flexibility index (Phi) is 14.6. The molecule has 5 unspecified atom stereocenters. The smallest absolute Gasteiger partial charge is 0.410 e. The van der Waals surface area contributed by atoms with Crippen LogP contribution in [0.1, 0.15) is 168 Å². The molecule has 0 aromatic rings. The minimum atomic E-state index is -0.624. The highest BCUT2D eigenvalue weighted by Gasteiger charge is 2.67. The number of Topliss-reactive ketones (excluding diaryl/α,β-unsaturated/α-hetero) is 1. The molecule has 8 atom stereocenters. The second-order valence-corrected chi connectivity index (χ2v) is 18.9. The number of carbonyl (C=O) groups is 4. The molecule has 2 amide bonds. The normalized spacial score (nSPS) is 35.4. The first-order chi connectivity index (χ1) is 24.7. The van der Waals surface area contributed by atoms with E-state index >= 15 is 0 Å². The first kappa shape index (κ1) is 45.0. The molecule has 1 N–H and O–H groups in total. The fourth-order valence-electron chi connectivity index (χ4n) is 12.4. The summed E-state index contributed by atoms with van der Waals surface area (Å²) in [6.45, 7) is 31.0. The number of esters is 1. The van der Waals surface area contributed by atoms with Gasteiger partial charge >= 0.3 is 12.1 Å². The van der Waals surface area contributed by atoms with Crippen LogP contribution in [-0.2, 0) is 23.9 Å². The quantitative estimate of drug-likeness (QED) is 0.289. The Morgan fingerprint density at radius 3 is 1.94 bits per heavy atom. The van der Waals surface area contributed by atoms with E-state index in [0.29, 0.717) is 30.1 Å². The molecule has 0 bridgehead atoms. The van der Waals surface area contributed by atoms with Gasteiger partial charge in [-0.25, -0.2) is 4.79 Å². The number of nitrogens with one attached hydrogen (secondary N) is 1. The van der Waals surface area contributed by atoms with Crippen molar-refractivity contribution in [2.75, 3.05) is 20.1 Å². The van der Waals surface area contributed by atoms with Gasteiger partial charge in [0.1, 0.15) is 11.7 Å². The standard InChI is InChI=1S/C32H49NO4.C9H17NO2.2C2H6/c1-18(2)26-22(35)17-32(28(36)33-8)16-11-21-20(27(26)32)9-10-24-30(21,6)14-12-23-29(4,5)25(37-19(3)34)13-15-31(23,24)7;1-9(2,3)12-8(11)10-6-4-5-7-10;2*1-2/h18,20-21,23-25H,9-17H2,1-8H3,(H,33,36);4-7H2,1-3H3;2*1-2H3/t20?,21?,23?,24?,25-,30-,31-,32?;;;/m0.../s1. The minimum Gasteiger partial charge on any atom is -0.462 e. The zero-order chi connectivity index (χ0) is 40.3. The third-order valence-corrected chi connectivity index (χ3v) is 14.3. The molecule has 4 saturated carbocycles. The zero-order valence-electron chi connectivity index (χ0n) is 36.6. The first-order valence-corrected chi connectivity index (χ1v) is 21.4. The van der Waals surface area contributed by atoms with Crippen molar-refractivity contribution < 1.29 is 28.7 Å². The van der Waals surface area contributed by atoms with E-state index in [9.17, 15) is 19.2 Å². The highest BCUT2D eigenvalue weighted by Crippen LogP contribution is 2.73. The van der Waals surface area contributed by atoms with Crippen molar-refractivity contribution in [3.8, 4) is 0 Å². The van der Waals surface area contributed by atoms with E-state index in [1.165, 1.54) is 12.0 Å². The van der Waals surface area contributed by atoms with E-state index in [4.69, 9.17) is 9.47 Å². The summed E-state index contributed by atoms with van der Waals surface area (Å²) >= 11 is 0. The number of ketones is 1. The van der Waals surface area contributed by atoms with E-state index in [1.54, 1.807) is 18.9 Å². The van der Waals surface area contributed by atoms with Crippen LogP contribution in [0.4, 0.5) is 4.79 Å². The molecule has 6 rings (SSSR count). The predicted molar refractivity (Wildman–Crippen MR) is 214 cm³/mol. The summed E-state index contributed by atoms with van der Waals surface area (Å²) in [5.41, 5.74) is 1.60. The van der Waals surface area contributed by atoms with Crippen LogP contribution in [0.2, 0.25) is 0 Å². The average Bonchev–Trinajstić information content (AvgIpc) is 3.74. The molecule has 53 heavy (non-hydrogen) atoms. The van der Waals surface area contributed by atoms with Gasteiger partial charge in [-0.05, 0) is 137 Å². The van der Waals surface area contributed by atoms with Gasteiger partial charge in [0.15, 0.2) is 5.78 Å². The molecule has 1 aliphatic heterocycles. The van der Waals surface area contributed by atoms with Crippen LogP contribution >= 0.6 is 0 Å². The molecule has 5 fully saturated rings. The Morgan fingerprint density at radius 1 is 0.830 bits per heavy atom. The summed E-state index contributed by atoms with van der Waals surface area (Å²) in [5, 5.41) is 2.95. The number of hydrogen-bond acceptors (Lipinski definition) is 6. The molecule has 1 saturated heterocycles. The Hall–Kier alpha value is -2.38. The van der Waals surface area contributed by atoms with Crippen LogP contribution < -0.4 is 5.32 Å². The molecule has 0 radical (unpaired) electrons. The lowest BCUT2D eigenvalue weighted by Crippen LogP contribution is -2.63. The molecule has 304 valence electrons. The molecule has 8 heteroatoms. The molecule has 8 nitrogen and oxygen atoms in total. The van der Waals surface area contributed by atoms with Gasteiger partial charge < -0.3 is 19.7 Å². The van der Waals surface area contributed by atoms with Gasteiger partial charge in [-0.1, -0.05) is 69.2 Å². The van der Waals surface area contributed by atoms with Crippen molar-refractivity contribution >= 4 is 23.8 Å². The number of rotatable bonds is 3.